The number of alkyl halides is 6. The van der Waals surface area contributed by atoms with Crippen molar-refractivity contribution in [2.24, 2.45) is 0 Å². The number of nitrogens with zero attached hydrogens (tertiary/aromatic N) is 3. The van der Waals surface area contributed by atoms with Crippen molar-refractivity contribution in [2.45, 2.75) is 12.4 Å². The molecule has 1 N–H and O–H groups in total. The Hall–Kier alpha value is -2.37. The minimum absolute atomic E-state index is 0.00512. The molecule has 2 aromatic rings. The van der Waals surface area contributed by atoms with Crippen molar-refractivity contribution in [1.29, 1.82) is 0 Å². The van der Waals surface area contributed by atoms with Gasteiger partial charge in [0.1, 0.15) is 10.2 Å². The molecule has 0 aliphatic heterocycles. The molecule has 1 aromatic heterocycles. The highest BCUT2D eigenvalue weighted by Gasteiger charge is 2.37. The molecule has 0 atom stereocenters. The summed E-state index contributed by atoms with van der Waals surface area (Å²) >= 11 is 2.70. The number of carboxylic acids is 1. The van der Waals surface area contributed by atoms with Crippen LogP contribution in [0.4, 0.5) is 26.3 Å². The van der Waals surface area contributed by atoms with E-state index in [1.54, 1.807) is 0 Å². The van der Waals surface area contributed by atoms with Gasteiger partial charge in [-0.3, -0.25) is 0 Å². The van der Waals surface area contributed by atoms with Gasteiger partial charge in [-0.25, -0.2) is 9.48 Å². The van der Waals surface area contributed by atoms with Gasteiger partial charge in [0.15, 0.2) is 0 Å². The molecular weight excluding hydrogens is 424 g/mol. The number of benzene rings is 1. The van der Waals surface area contributed by atoms with E-state index in [4.69, 9.17) is 5.11 Å². The monoisotopic (exact) mass is 429 g/mol. The minimum Gasteiger partial charge on any atom is -0.477 e. The van der Waals surface area contributed by atoms with Crippen LogP contribution in [-0.2, 0) is 17.1 Å². The second-order valence-electron chi connectivity index (χ2n) is 4.66. The Morgan fingerprint density at radius 1 is 1.08 bits per heavy atom. The SMILES string of the molecule is O=C(O)C(Br)=Cn1cc(-c2cc(C(F)(F)F)cc(C(F)(F)F)c2)nn1. The molecule has 0 saturated heterocycles. The zero-order valence-corrected chi connectivity index (χ0v) is 13.3. The third-order valence-electron chi connectivity index (χ3n) is 2.84. The third-order valence-corrected chi connectivity index (χ3v) is 3.39. The Kier molecular flexibility index (Phi) is 4.93. The normalized spacial score (nSPS) is 13.2. The van der Waals surface area contributed by atoms with Crippen LogP contribution < -0.4 is 0 Å². The number of hydrogen-bond donors (Lipinski definition) is 1. The summed E-state index contributed by atoms with van der Waals surface area (Å²) < 4.78 is 77.5. The molecule has 2 rings (SSSR count). The van der Waals surface area contributed by atoms with Gasteiger partial charge < -0.3 is 5.11 Å². The van der Waals surface area contributed by atoms with Crippen LogP contribution in [0.1, 0.15) is 11.1 Å². The van der Waals surface area contributed by atoms with Crippen molar-refractivity contribution in [3.05, 3.63) is 40.0 Å². The maximum absolute atomic E-state index is 12.8. The number of aliphatic carboxylic acids is 1. The summed E-state index contributed by atoms with van der Waals surface area (Å²) in [5.74, 6) is -1.35. The molecule has 0 aliphatic rings. The van der Waals surface area contributed by atoms with Gasteiger partial charge in [0, 0.05) is 5.56 Å². The van der Waals surface area contributed by atoms with Crippen LogP contribution in [0.2, 0.25) is 0 Å². The standard InChI is InChI=1S/C13H6BrF6N3O2/c14-9(11(24)25)4-23-5-10(21-22-23)6-1-7(12(15,16)17)3-8(2-6)13(18,19)20/h1-5H,(H,24,25). The van der Waals surface area contributed by atoms with E-state index in [-0.39, 0.29) is 16.2 Å². The Morgan fingerprint density at radius 3 is 2.04 bits per heavy atom. The van der Waals surface area contributed by atoms with E-state index in [9.17, 15) is 31.1 Å². The van der Waals surface area contributed by atoms with Gasteiger partial charge in [-0.2, -0.15) is 26.3 Å². The van der Waals surface area contributed by atoms with Crippen LogP contribution in [0.15, 0.2) is 28.9 Å². The molecule has 25 heavy (non-hydrogen) atoms. The highest BCUT2D eigenvalue weighted by Crippen LogP contribution is 2.38. The van der Waals surface area contributed by atoms with E-state index in [1.165, 1.54) is 0 Å². The lowest BCUT2D eigenvalue weighted by Crippen LogP contribution is -2.11. The molecule has 0 bridgehead atoms. The average molecular weight is 430 g/mol. The summed E-state index contributed by atoms with van der Waals surface area (Å²) in [6.45, 7) is 0. The summed E-state index contributed by atoms with van der Waals surface area (Å²) in [6, 6.07) is 0.994. The summed E-state index contributed by atoms with van der Waals surface area (Å²) in [7, 11) is 0. The molecular formula is C13H6BrF6N3O2. The van der Waals surface area contributed by atoms with Crippen molar-refractivity contribution < 1.29 is 36.2 Å². The quantitative estimate of drug-likeness (QED) is 0.584. The van der Waals surface area contributed by atoms with Gasteiger partial charge in [0.25, 0.3) is 0 Å². The van der Waals surface area contributed by atoms with Crippen LogP contribution >= 0.6 is 15.9 Å². The Balaban J connectivity index is 2.54. The molecule has 0 aliphatic carbocycles. The van der Waals surface area contributed by atoms with Crippen LogP contribution in [0.5, 0.6) is 0 Å². The molecule has 1 heterocycles. The first-order valence-electron chi connectivity index (χ1n) is 6.20. The third kappa shape index (κ3) is 4.59. The molecule has 134 valence electrons. The van der Waals surface area contributed by atoms with Crippen LogP contribution in [0, 0.1) is 0 Å². The molecule has 0 spiro atoms. The first-order chi connectivity index (χ1) is 11.4. The van der Waals surface area contributed by atoms with E-state index >= 15 is 0 Å². The maximum Gasteiger partial charge on any atom is 0.416 e. The smallest absolute Gasteiger partial charge is 0.416 e. The zero-order chi connectivity index (χ0) is 19.0. The van der Waals surface area contributed by atoms with Gasteiger partial charge in [-0.05, 0) is 34.1 Å². The summed E-state index contributed by atoms with van der Waals surface area (Å²) in [6.07, 6.45) is -8.06. The predicted octanol–water partition coefficient (Wildman–Crippen LogP) is 4.26. The number of hydrogen-bond acceptors (Lipinski definition) is 3. The Labute approximate surface area is 143 Å². The second kappa shape index (κ2) is 6.50. The lowest BCUT2D eigenvalue weighted by molar-refractivity contribution is -0.143. The van der Waals surface area contributed by atoms with Crippen molar-refractivity contribution in [3.63, 3.8) is 0 Å². The largest absolute Gasteiger partial charge is 0.477 e. The number of carboxylic acid groups (broad SMARTS) is 1. The number of rotatable bonds is 3. The van der Waals surface area contributed by atoms with Gasteiger partial charge in [0.2, 0.25) is 0 Å². The van der Waals surface area contributed by atoms with E-state index in [0.717, 1.165) is 17.1 Å². The molecule has 12 heteroatoms. The predicted molar refractivity (Wildman–Crippen MR) is 76.3 cm³/mol. The van der Waals surface area contributed by atoms with E-state index in [0.29, 0.717) is 12.1 Å². The summed E-state index contributed by atoms with van der Waals surface area (Å²) in [5, 5.41) is 15.6. The fourth-order valence-electron chi connectivity index (χ4n) is 1.75. The van der Waals surface area contributed by atoms with Crippen LogP contribution in [-0.4, -0.2) is 26.1 Å². The average Bonchev–Trinajstić information content (AvgIpc) is 2.93. The lowest BCUT2D eigenvalue weighted by Gasteiger charge is -2.13. The molecule has 0 unspecified atom stereocenters. The van der Waals surface area contributed by atoms with E-state index in [2.05, 4.69) is 26.2 Å². The minimum atomic E-state index is -4.99. The van der Waals surface area contributed by atoms with Gasteiger partial charge in [0.05, 0.1) is 23.5 Å². The van der Waals surface area contributed by atoms with Gasteiger partial charge >= 0.3 is 18.3 Å². The van der Waals surface area contributed by atoms with Crippen molar-refractivity contribution in [3.8, 4) is 11.3 Å². The highest BCUT2D eigenvalue weighted by molar-refractivity contribution is 9.12. The number of halogens is 7. The second-order valence-corrected chi connectivity index (χ2v) is 5.51. The van der Waals surface area contributed by atoms with Crippen LogP contribution in [0.3, 0.4) is 0 Å². The Morgan fingerprint density at radius 2 is 1.60 bits per heavy atom. The molecule has 0 radical (unpaired) electrons. The first kappa shape index (κ1) is 19.0. The molecule has 0 saturated carbocycles. The molecule has 5 nitrogen and oxygen atoms in total. The summed E-state index contributed by atoms with van der Waals surface area (Å²) in [5.41, 5.74) is -3.74. The van der Waals surface area contributed by atoms with Gasteiger partial charge in [-0.15, -0.1) is 5.10 Å². The molecule has 1 aromatic carbocycles. The van der Waals surface area contributed by atoms with Crippen molar-refractivity contribution >= 4 is 28.1 Å². The number of aromatic nitrogens is 3. The van der Waals surface area contributed by atoms with Crippen LogP contribution in [0.25, 0.3) is 17.5 Å². The van der Waals surface area contributed by atoms with Crippen molar-refractivity contribution in [1.82, 2.24) is 15.0 Å². The fraction of sp³-hybridized carbons (Fsp3) is 0.154. The Bertz CT molecular complexity index is 809. The fourth-order valence-corrected chi connectivity index (χ4v) is 1.96. The lowest BCUT2D eigenvalue weighted by atomic mass is 10.0. The maximum atomic E-state index is 12.8. The number of carbonyl (C=O) groups is 1. The van der Waals surface area contributed by atoms with Gasteiger partial charge in [-0.1, -0.05) is 5.21 Å². The summed E-state index contributed by atoms with van der Waals surface area (Å²) in [4.78, 5) is 10.7. The molecule has 0 fully saturated rings. The van der Waals surface area contributed by atoms with E-state index in [1.807, 2.05) is 0 Å². The first-order valence-corrected chi connectivity index (χ1v) is 6.99. The zero-order valence-electron chi connectivity index (χ0n) is 11.7. The van der Waals surface area contributed by atoms with Crippen molar-refractivity contribution in [2.75, 3.05) is 0 Å². The highest BCUT2D eigenvalue weighted by atomic mass is 79.9. The molecule has 0 amide bonds. The topological polar surface area (TPSA) is 68.0 Å². The van der Waals surface area contributed by atoms with E-state index < -0.39 is 35.0 Å².